The van der Waals surface area contributed by atoms with Gasteiger partial charge in [-0.1, -0.05) is 24.3 Å². The quantitative estimate of drug-likeness (QED) is 0.737. The highest BCUT2D eigenvalue weighted by Gasteiger charge is 2.34. The highest BCUT2D eigenvalue weighted by Crippen LogP contribution is 2.26. The molecule has 0 aliphatic carbocycles. The van der Waals surface area contributed by atoms with E-state index < -0.39 is 6.04 Å². The van der Waals surface area contributed by atoms with Crippen LogP contribution in [0.2, 0.25) is 0 Å². The molecular weight excluding hydrogens is 374 g/mol. The number of amides is 2. The molecule has 1 fully saturated rings. The fraction of sp³-hybridized carbons (Fsp3) is 0.300. The van der Waals surface area contributed by atoms with Crippen LogP contribution >= 0.6 is 11.3 Å². The number of carbonyl (C=O) groups excluding carboxylic acids is 2. The van der Waals surface area contributed by atoms with Gasteiger partial charge in [0.1, 0.15) is 6.04 Å². The number of nitrogens with zero attached hydrogens (tertiary/aromatic N) is 4. The van der Waals surface area contributed by atoms with E-state index in [4.69, 9.17) is 0 Å². The number of para-hydroxylation sites is 1. The molecular formula is C20H21N5O2S. The van der Waals surface area contributed by atoms with E-state index in [1.807, 2.05) is 47.8 Å². The normalized spacial score (nSPS) is 16.8. The van der Waals surface area contributed by atoms with E-state index in [-0.39, 0.29) is 17.6 Å². The molecule has 144 valence electrons. The van der Waals surface area contributed by atoms with Crippen molar-refractivity contribution in [2.45, 2.75) is 25.3 Å². The Balaban J connectivity index is 1.74. The van der Waals surface area contributed by atoms with Gasteiger partial charge >= 0.3 is 0 Å². The Morgan fingerprint density at radius 1 is 1.14 bits per heavy atom. The molecule has 1 aromatic carbocycles. The third-order valence-corrected chi connectivity index (χ3v) is 5.72. The molecule has 2 amide bonds. The number of hydrogen-bond donors (Lipinski definition) is 1. The molecule has 3 aromatic rings. The SMILES string of the molecule is CNC(=O)C1CCCCN1C(=O)c1nc(-c2cccs2)n(-c2ccccc2)n1. The Labute approximate surface area is 167 Å². The molecule has 8 heteroatoms. The minimum absolute atomic E-state index is 0.114. The van der Waals surface area contributed by atoms with Gasteiger partial charge in [-0.25, -0.2) is 9.67 Å². The summed E-state index contributed by atoms with van der Waals surface area (Å²) in [6, 6.07) is 13.0. The lowest BCUT2D eigenvalue weighted by molar-refractivity contribution is -0.126. The molecule has 2 aromatic heterocycles. The lowest BCUT2D eigenvalue weighted by atomic mass is 10.0. The second-order valence-electron chi connectivity index (χ2n) is 6.61. The zero-order valence-corrected chi connectivity index (χ0v) is 16.4. The van der Waals surface area contributed by atoms with Crippen molar-refractivity contribution < 1.29 is 9.59 Å². The number of rotatable bonds is 4. The standard InChI is InChI=1S/C20H21N5O2S/c1-21-19(26)15-10-5-6-12-24(15)20(27)17-22-18(16-11-7-13-28-16)25(23-17)14-8-3-2-4-9-14/h2-4,7-9,11,13,15H,5-6,10,12H2,1H3,(H,21,26). The van der Waals surface area contributed by atoms with Crippen LogP contribution in [0.4, 0.5) is 0 Å². The van der Waals surface area contributed by atoms with Crippen LogP contribution in [0.15, 0.2) is 47.8 Å². The van der Waals surface area contributed by atoms with E-state index in [1.165, 1.54) is 0 Å². The number of likely N-dealkylation sites (N-methyl/N-ethyl adjacent to an activating group) is 1. The lowest BCUT2D eigenvalue weighted by Gasteiger charge is -2.33. The van der Waals surface area contributed by atoms with Gasteiger partial charge in [-0.15, -0.1) is 16.4 Å². The molecule has 0 spiro atoms. The second-order valence-corrected chi connectivity index (χ2v) is 7.56. The van der Waals surface area contributed by atoms with E-state index in [9.17, 15) is 9.59 Å². The van der Waals surface area contributed by atoms with E-state index in [1.54, 1.807) is 28.0 Å². The van der Waals surface area contributed by atoms with Crippen LogP contribution in [-0.2, 0) is 4.79 Å². The van der Waals surface area contributed by atoms with Crippen LogP contribution in [0.5, 0.6) is 0 Å². The van der Waals surface area contributed by atoms with Gasteiger partial charge in [0, 0.05) is 13.6 Å². The summed E-state index contributed by atoms with van der Waals surface area (Å²) in [6.07, 6.45) is 2.45. The van der Waals surface area contributed by atoms with Crippen molar-refractivity contribution in [3.63, 3.8) is 0 Å². The van der Waals surface area contributed by atoms with E-state index in [0.717, 1.165) is 23.4 Å². The maximum atomic E-state index is 13.2. The van der Waals surface area contributed by atoms with Crippen LogP contribution in [-0.4, -0.2) is 51.1 Å². The van der Waals surface area contributed by atoms with Gasteiger partial charge in [-0.2, -0.15) is 0 Å². The number of likely N-dealkylation sites (tertiary alicyclic amines) is 1. The van der Waals surface area contributed by atoms with Crippen molar-refractivity contribution in [1.29, 1.82) is 0 Å². The molecule has 1 atom stereocenters. The first-order valence-electron chi connectivity index (χ1n) is 9.28. The molecule has 0 saturated carbocycles. The summed E-state index contributed by atoms with van der Waals surface area (Å²) in [4.78, 5) is 32.5. The largest absolute Gasteiger partial charge is 0.357 e. The monoisotopic (exact) mass is 395 g/mol. The number of hydrogen-bond acceptors (Lipinski definition) is 5. The number of aromatic nitrogens is 3. The molecule has 0 bridgehead atoms. The van der Waals surface area contributed by atoms with Gasteiger partial charge in [-0.3, -0.25) is 9.59 Å². The number of piperidine rings is 1. The van der Waals surface area contributed by atoms with E-state index in [2.05, 4.69) is 15.4 Å². The van der Waals surface area contributed by atoms with Gasteiger partial charge in [0.25, 0.3) is 5.91 Å². The number of benzene rings is 1. The van der Waals surface area contributed by atoms with Gasteiger partial charge in [0.2, 0.25) is 11.7 Å². The summed E-state index contributed by atoms with van der Waals surface area (Å²) in [6.45, 7) is 0.533. The van der Waals surface area contributed by atoms with Crippen molar-refractivity contribution in [2.24, 2.45) is 0 Å². The first kappa shape index (κ1) is 18.4. The molecule has 1 aliphatic heterocycles. The van der Waals surface area contributed by atoms with Gasteiger partial charge in [0.15, 0.2) is 5.82 Å². The minimum Gasteiger partial charge on any atom is -0.357 e. The highest BCUT2D eigenvalue weighted by atomic mass is 32.1. The van der Waals surface area contributed by atoms with E-state index in [0.29, 0.717) is 18.8 Å². The predicted octanol–water partition coefficient (Wildman–Crippen LogP) is 2.74. The van der Waals surface area contributed by atoms with Crippen molar-refractivity contribution in [3.8, 4) is 16.4 Å². The van der Waals surface area contributed by atoms with Gasteiger partial charge in [0.05, 0.1) is 10.6 Å². The maximum Gasteiger partial charge on any atom is 0.294 e. The fourth-order valence-electron chi connectivity index (χ4n) is 3.46. The maximum absolute atomic E-state index is 13.2. The molecule has 3 heterocycles. The first-order chi connectivity index (χ1) is 13.7. The summed E-state index contributed by atoms with van der Waals surface area (Å²) in [5.74, 6) is 0.288. The third kappa shape index (κ3) is 3.43. The van der Waals surface area contributed by atoms with Crippen LogP contribution in [0.3, 0.4) is 0 Å². The summed E-state index contributed by atoms with van der Waals surface area (Å²) in [5, 5.41) is 9.14. The third-order valence-electron chi connectivity index (χ3n) is 4.85. The smallest absolute Gasteiger partial charge is 0.294 e. The Morgan fingerprint density at radius 2 is 1.96 bits per heavy atom. The summed E-state index contributed by atoms with van der Waals surface area (Å²) < 4.78 is 1.69. The Morgan fingerprint density at radius 3 is 2.68 bits per heavy atom. The highest BCUT2D eigenvalue weighted by molar-refractivity contribution is 7.13. The average Bonchev–Trinajstić information content (AvgIpc) is 3.43. The van der Waals surface area contributed by atoms with Crippen LogP contribution in [0.25, 0.3) is 16.4 Å². The molecule has 0 radical (unpaired) electrons. The second kappa shape index (κ2) is 7.93. The topological polar surface area (TPSA) is 80.1 Å². The molecule has 1 unspecified atom stereocenters. The Kier molecular flexibility index (Phi) is 5.21. The average molecular weight is 395 g/mol. The van der Waals surface area contributed by atoms with Crippen molar-refractivity contribution >= 4 is 23.2 Å². The zero-order valence-electron chi connectivity index (χ0n) is 15.5. The Hall–Kier alpha value is -3.00. The molecule has 1 N–H and O–H groups in total. The molecule has 1 aliphatic rings. The van der Waals surface area contributed by atoms with Crippen molar-refractivity contribution in [1.82, 2.24) is 25.0 Å². The molecule has 1 saturated heterocycles. The number of nitrogens with one attached hydrogen (secondary N) is 1. The number of carbonyl (C=O) groups is 2. The van der Waals surface area contributed by atoms with Gasteiger partial charge in [-0.05, 0) is 42.8 Å². The molecule has 7 nitrogen and oxygen atoms in total. The molecule has 4 rings (SSSR count). The van der Waals surface area contributed by atoms with Crippen LogP contribution in [0, 0.1) is 0 Å². The fourth-order valence-corrected chi connectivity index (χ4v) is 4.16. The Bertz CT molecular complexity index is 968. The summed E-state index contributed by atoms with van der Waals surface area (Å²) >= 11 is 1.54. The lowest BCUT2D eigenvalue weighted by Crippen LogP contribution is -2.51. The number of thiophene rings is 1. The van der Waals surface area contributed by atoms with Crippen molar-refractivity contribution in [3.05, 3.63) is 53.7 Å². The van der Waals surface area contributed by atoms with E-state index >= 15 is 0 Å². The minimum atomic E-state index is -0.472. The van der Waals surface area contributed by atoms with Crippen molar-refractivity contribution in [2.75, 3.05) is 13.6 Å². The molecule has 28 heavy (non-hydrogen) atoms. The van der Waals surface area contributed by atoms with Crippen LogP contribution < -0.4 is 5.32 Å². The summed E-state index contributed by atoms with van der Waals surface area (Å²) in [5.41, 5.74) is 0.832. The first-order valence-corrected chi connectivity index (χ1v) is 10.2. The zero-order chi connectivity index (χ0) is 19.5. The predicted molar refractivity (Wildman–Crippen MR) is 107 cm³/mol. The summed E-state index contributed by atoms with van der Waals surface area (Å²) in [7, 11) is 1.59. The van der Waals surface area contributed by atoms with Gasteiger partial charge < -0.3 is 10.2 Å². The van der Waals surface area contributed by atoms with Crippen LogP contribution in [0.1, 0.15) is 29.9 Å².